The molecule has 0 bridgehead atoms. The minimum absolute atomic E-state index is 0.0830. The third-order valence-corrected chi connectivity index (χ3v) is 4.51. The lowest BCUT2D eigenvalue weighted by atomic mass is 10.0. The average molecular weight is 398 g/mol. The summed E-state index contributed by atoms with van der Waals surface area (Å²) in [6.45, 7) is 0.744. The average Bonchev–Trinajstić information content (AvgIpc) is 2.68. The van der Waals surface area contributed by atoms with E-state index in [9.17, 15) is 18.0 Å². The molecule has 2 heterocycles. The summed E-state index contributed by atoms with van der Waals surface area (Å²) in [6.07, 6.45) is 0.985. The first-order valence-electron chi connectivity index (χ1n) is 8.89. The van der Waals surface area contributed by atoms with Crippen LogP contribution in [0.2, 0.25) is 0 Å². The minimum Gasteiger partial charge on any atom is -0.467 e. The Morgan fingerprint density at radius 1 is 1.29 bits per heavy atom. The van der Waals surface area contributed by atoms with E-state index in [0.717, 1.165) is 31.4 Å². The first-order chi connectivity index (χ1) is 13.4. The molecule has 0 amide bonds. The number of hydrogen-bond acceptors (Lipinski definition) is 5. The molecular formula is C19H21F3N2O4. The number of alkyl halides is 3. The van der Waals surface area contributed by atoms with Crippen LogP contribution >= 0.6 is 0 Å². The predicted molar refractivity (Wildman–Crippen MR) is 95.0 cm³/mol. The minimum atomic E-state index is -4.53. The first-order valence-corrected chi connectivity index (χ1v) is 8.89. The van der Waals surface area contributed by atoms with Gasteiger partial charge in [-0.3, -0.25) is 9.36 Å². The number of halogens is 3. The zero-order valence-corrected chi connectivity index (χ0v) is 15.4. The molecule has 1 aliphatic heterocycles. The van der Waals surface area contributed by atoms with Crippen molar-refractivity contribution in [1.82, 2.24) is 9.55 Å². The smallest absolute Gasteiger partial charge is 0.416 e. The fraction of sp³-hybridized carbons (Fsp3) is 0.474. The van der Waals surface area contributed by atoms with Gasteiger partial charge in [0.05, 0.1) is 30.1 Å². The van der Waals surface area contributed by atoms with Crippen LogP contribution in [0, 0.1) is 0 Å². The number of methoxy groups -OCH3 is 1. The van der Waals surface area contributed by atoms with E-state index in [0.29, 0.717) is 13.2 Å². The van der Waals surface area contributed by atoms with Crippen LogP contribution in [0.3, 0.4) is 0 Å². The Bertz CT molecular complexity index is 861. The highest BCUT2D eigenvalue weighted by Crippen LogP contribution is 2.36. The van der Waals surface area contributed by atoms with Gasteiger partial charge in [-0.2, -0.15) is 13.2 Å². The lowest BCUT2D eigenvalue weighted by Gasteiger charge is -2.23. The number of ether oxygens (including phenoxy) is 3. The molecule has 1 atom stereocenters. The van der Waals surface area contributed by atoms with Gasteiger partial charge >= 0.3 is 6.18 Å². The molecule has 1 fully saturated rings. The maximum Gasteiger partial charge on any atom is 0.416 e. The van der Waals surface area contributed by atoms with Crippen LogP contribution in [0.4, 0.5) is 13.2 Å². The lowest BCUT2D eigenvalue weighted by Crippen LogP contribution is -2.31. The monoisotopic (exact) mass is 398 g/mol. The summed E-state index contributed by atoms with van der Waals surface area (Å²) >= 11 is 0. The van der Waals surface area contributed by atoms with Gasteiger partial charge in [0, 0.05) is 25.5 Å². The Morgan fingerprint density at radius 3 is 2.79 bits per heavy atom. The van der Waals surface area contributed by atoms with E-state index in [1.165, 1.54) is 30.3 Å². The summed E-state index contributed by atoms with van der Waals surface area (Å²) in [4.78, 5) is 17.0. The maximum atomic E-state index is 13.0. The van der Waals surface area contributed by atoms with Gasteiger partial charge in [0.2, 0.25) is 0 Å². The van der Waals surface area contributed by atoms with E-state index >= 15 is 0 Å². The van der Waals surface area contributed by atoms with Gasteiger partial charge in [0.25, 0.3) is 5.56 Å². The molecular weight excluding hydrogens is 377 g/mol. The van der Waals surface area contributed by atoms with Crippen molar-refractivity contribution in [3.63, 3.8) is 0 Å². The second-order valence-electron chi connectivity index (χ2n) is 6.51. The maximum absolute atomic E-state index is 13.0. The SMILES string of the molecule is COCOc1cc(C(F)(F)F)ccc1-c1cncn(CC2CCCCO2)c1=O. The van der Waals surface area contributed by atoms with Crippen LogP contribution in [0.25, 0.3) is 11.1 Å². The summed E-state index contributed by atoms with van der Waals surface area (Å²) in [5, 5.41) is 0. The third kappa shape index (κ3) is 4.71. The molecule has 1 saturated heterocycles. The number of aromatic nitrogens is 2. The van der Waals surface area contributed by atoms with Gasteiger partial charge in [-0.15, -0.1) is 0 Å². The fourth-order valence-corrected chi connectivity index (χ4v) is 3.10. The largest absolute Gasteiger partial charge is 0.467 e. The molecule has 152 valence electrons. The van der Waals surface area contributed by atoms with E-state index < -0.39 is 11.7 Å². The van der Waals surface area contributed by atoms with Crippen molar-refractivity contribution in [2.75, 3.05) is 20.5 Å². The van der Waals surface area contributed by atoms with Gasteiger partial charge in [-0.1, -0.05) is 0 Å². The summed E-state index contributed by atoms with van der Waals surface area (Å²) < 4.78 is 56.3. The van der Waals surface area contributed by atoms with Crippen LogP contribution < -0.4 is 10.3 Å². The summed E-state index contributed by atoms with van der Waals surface area (Å²) in [5.74, 6) is -0.0951. The molecule has 0 spiro atoms. The van der Waals surface area contributed by atoms with Gasteiger partial charge in [0.15, 0.2) is 6.79 Å². The zero-order valence-electron chi connectivity index (χ0n) is 15.4. The van der Waals surface area contributed by atoms with Crippen LogP contribution in [0.1, 0.15) is 24.8 Å². The van der Waals surface area contributed by atoms with Crippen molar-refractivity contribution >= 4 is 0 Å². The molecule has 28 heavy (non-hydrogen) atoms. The van der Waals surface area contributed by atoms with Crippen molar-refractivity contribution in [2.24, 2.45) is 0 Å². The Labute approximate surface area is 159 Å². The standard InChI is InChI=1S/C19H21F3N2O4/c1-26-12-28-17-8-13(19(20,21)22)5-6-15(17)16-9-23-11-24(18(16)25)10-14-4-2-3-7-27-14/h5-6,8-9,11,14H,2-4,7,10,12H2,1H3. The van der Waals surface area contributed by atoms with Crippen molar-refractivity contribution < 1.29 is 27.4 Å². The second kappa shape index (κ2) is 8.74. The Kier molecular flexibility index (Phi) is 6.35. The van der Waals surface area contributed by atoms with E-state index in [2.05, 4.69) is 4.98 Å². The number of rotatable bonds is 6. The highest BCUT2D eigenvalue weighted by molar-refractivity contribution is 5.69. The fourth-order valence-electron chi connectivity index (χ4n) is 3.10. The molecule has 3 rings (SSSR count). The summed E-state index contributed by atoms with van der Waals surface area (Å²) in [6, 6.07) is 2.99. The molecule has 1 aromatic heterocycles. The molecule has 1 unspecified atom stereocenters. The van der Waals surface area contributed by atoms with Gasteiger partial charge in [-0.05, 0) is 37.5 Å². The molecule has 6 nitrogen and oxygen atoms in total. The molecule has 9 heteroatoms. The topological polar surface area (TPSA) is 62.6 Å². The van der Waals surface area contributed by atoms with Crippen LogP contribution in [-0.4, -0.2) is 36.2 Å². The molecule has 0 aliphatic carbocycles. The predicted octanol–water partition coefficient (Wildman–Crippen LogP) is 3.48. The van der Waals surface area contributed by atoms with E-state index in [4.69, 9.17) is 14.2 Å². The van der Waals surface area contributed by atoms with Gasteiger partial charge in [0.1, 0.15) is 5.75 Å². The molecule has 2 aromatic rings. The lowest BCUT2D eigenvalue weighted by molar-refractivity contribution is -0.137. The van der Waals surface area contributed by atoms with Crippen molar-refractivity contribution in [2.45, 2.75) is 38.1 Å². The second-order valence-corrected chi connectivity index (χ2v) is 6.51. The molecule has 0 N–H and O–H groups in total. The van der Waals surface area contributed by atoms with Crippen LogP contribution in [-0.2, 0) is 22.2 Å². The zero-order chi connectivity index (χ0) is 20.1. The van der Waals surface area contributed by atoms with Crippen LogP contribution in [0.15, 0.2) is 35.5 Å². The number of benzene rings is 1. The first kappa shape index (κ1) is 20.3. The van der Waals surface area contributed by atoms with Crippen molar-refractivity contribution in [1.29, 1.82) is 0 Å². The number of nitrogens with zero attached hydrogens (tertiary/aromatic N) is 2. The van der Waals surface area contributed by atoms with E-state index in [1.807, 2.05) is 0 Å². The van der Waals surface area contributed by atoms with Gasteiger partial charge in [-0.25, -0.2) is 4.98 Å². The van der Waals surface area contributed by atoms with Crippen LogP contribution in [0.5, 0.6) is 5.75 Å². The molecule has 0 radical (unpaired) electrons. The normalized spacial score (nSPS) is 17.5. The Balaban J connectivity index is 1.97. The van der Waals surface area contributed by atoms with E-state index in [1.54, 1.807) is 0 Å². The Hall–Kier alpha value is -2.39. The van der Waals surface area contributed by atoms with Crippen molar-refractivity contribution in [3.8, 4) is 16.9 Å². The summed E-state index contributed by atoms with van der Waals surface area (Å²) in [7, 11) is 1.36. The highest BCUT2D eigenvalue weighted by atomic mass is 19.4. The number of hydrogen-bond donors (Lipinski definition) is 0. The molecule has 1 aromatic carbocycles. The molecule has 1 aliphatic rings. The Morgan fingerprint density at radius 2 is 2.11 bits per heavy atom. The van der Waals surface area contributed by atoms with Crippen molar-refractivity contribution in [3.05, 3.63) is 46.6 Å². The summed E-state index contributed by atoms with van der Waals surface area (Å²) in [5.41, 5.74) is -0.868. The third-order valence-electron chi connectivity index (χ3n) is 4.51. The van der Waals surface area contributed by atoms with E-state index in [-0.39, 0.29) is 35.3 Å². The molecule has 0 saturated carbocycles. The van der Waals surface area contributed by atoms with Gasteiger partial charge < -0.3 is 14.2 Å². The quantitative estimate of drug-likeness (QED) is 0.698. The highest BCUT2D eigenvalue weighted by Gasteiger charge is 2.31.